The van der Waals surface area contributed by atoms with Gasteiger partial charge in [0.1, 0.15) is 9.71 Å². The van der Waals surface area contributed by atoms with Crippen LogP contribution in [0.5, 0.6) is 0 Å². The van der Waals surface area contributed by atoms with Gasteiger partial charge in [-0.25, -0.2) is 4.98 Å². The summed E-state index contributed by atoms with van der Waals surface area (Å²) in [6.45, 7) is 3.30. The first-order valence-electron chi connectivity index (χ1n) is 7.42. The summed E-state index contributed by atoms with van der Waals surface area (Å²) >= 11 is 3.01. The van der Waals surface area contributed by atoms with Crippen molar-refractivity contribution in [1.82, 2.24) is 4.98 Å². The molecule has 0 spiro atoms. The number of fused-ring (bicyclic) bond motifs is 1. The number of nitrogen functional groups attached to an aromatic ring is 1. The topological polar surface area (TPSA) is 68.0 Å². The second kappa shape index (κ2) is 6.69. The van der Waals surface area contributed by atoms with Gasteiger partial charge in [-0.05, 0) is 66.3 Å². The van der Waals surface area contributed by atoms with E-state index in [1.54, 1.807) is 6.07 Å². The van der Waals surface area contributed by atoms with Gasteiger partial charge in [-0.2, -0.15) is 13.2 Å². The molecule has 0 unspecified atom stereocenters. The Morgan fingerprint density at radius 1 is 1.27 bits per heavy atom. The molecule has 0 bridgehead atoms. The molecule has 1 amide bonds. The molecule has 0 aliphatic heterocycles. The number of alkyl halides is 3. The number of amides is 1. The van der Waals surface area contributed by atoms with Crippen molar-refractivity contribution in [3.63, 3.8) is 0 Å². The van der Waals surface area contributed by atoms with Gasteiger partial charge in [0.2, 0.25) is 0 Å². The highest BCUT2D eigenvalue weighted by molar-refractivity contribution is 14.1. The number of hydrogen-bond donors (Lipinski definition) is 2. The molecular formula is C17H13F3IN3OS. The van der Waals surface area contributed by atoms with E-state index in [-0.39, 0.29) is 26.5 Å². The molecule has 0 saturated heterocycles. The van der Waals surface area contributed by atoms with E-state index in [4.69, 9.17) is 5.73 Å². The second-order valence-corrected chi connectivity index (χ2v) is 7.99. The molecule has 26 heavy (non-hydrogen) atoms. The average Bonchev–Trinajstić information content (AvgIpc) is 2.85. The Morgan fingerprint density at radius 3 is 2.58 bits per heavy atom. The summed E-state index contributed by atoms with van der Waals surface area (Å²) in [6, 6.07) is 6.39. The fourth-order valence-corrected chi connectivity index (χ4v) is 4.29. The van der Waals surface area contributed by atoms with E-state index in [2.05, 4.69) is 32.9 Å². The maximum Gasteiger partial charge on any atom is 0.417 e. The van der Waals surface area contributed by atoms with E-state index in [0.29, 0.717) is 5.69 Å². The zero-order valence-electron chi connectivity index (χ0n) is 13.7. The second-order valence-electron chi connectivity index (χ2n) is 5.75. The zero-order valence-corrected chi connectivity index (χ0v) is 16.6. The molecule has 0 radical (unpaired) electrons. The first kappa shape index (κ1) is 18.9. The molecule has 2 heterocycles. The summed E-state index contributed by atoms with van der Waals surface area (Å²) in [7, 11) is 0. The number of thiophene rings is 1. The number of halogens is 4. The molecule has 0 atom stereocenters. The Labute approximate surface area is 164 Å². The molecule has 2 aromatic heterocycles. The van der Waals surface area contributed by atoms with E-state index in [1.807, 2.05) is 19.1 Å². The lowest BCUT2D eigenvalue weighted by atomic mass is 10.1. The number of anilines is 2. The molecule has 136 valence electrons. The van der Waals surface area contributed by atoms with Gasteiger partial charge in [-0.1, -0.05) is 0 Å². The number of aromatic nitrogens is 1. The third-order valence-corrected chi connectivity index (χ3v) is 5.54. The molecule has 0 fully saturated rings. The molecule has 9 heteroatoms. The van der Waals surface area contributed by atoms with Crippen LogP contribution < -0.4 is 11.1 Å². The number of carbonyl (C=O) groups is 1. The van der Waals surface area contributed by atoms with Crippen LogP contribution in [0.4, 0.5) is 24.5 Å². The fourth-order valence-electron chi connectivity index (χ4n) is 2.58. The lowest BCUT2D eigenvalue weighted by Crippen LogP contribution is -2.13. The number of pyridine rings is 1. The first-order chi connectivity index (χ1) is 12.1. The van der Waals surface area contributed by atoms with E-state index >= 15 is 0 Å². The Hall–Kier alpha value is -1.88. The fraction of sp³-hybridized carbons (Fsp3) is 0.176. The Morgan fingerprint density at radius 2 is 1.96 bits per heavy atom. The van der Waals surface area contributed by atoms with E-state index in [0.717, 1.165) is 26.5 Å². The van der Waals surface area contributed by atoms with Crippen molar-refractivity contribution < 1.29 is 18.0 Å². The zero-order chi connectivity index (χ0) is 19.2. The standard InChI is InChI=1S/C17H13F3IN3OS/c1-7-5-9(21)3-4-11(7)24-15(25)14-13(22)12-10(17(18,19)20)6-8(2)23-16(12)26-14/h3-6H,22H2,1-2H3,(H,24,25). The van der Waals surface area contributed by atoms with Crippen LogP contribution in [0, 0.1) is 17.4 Å². The molecule has 3 rings (SSSR count). The molecule has 0 saturated carbocycles. The van der Waals surface area contributed by atoms with Gasteiger partial charge in [0, 0.05) is 20.3 Å². The van der Waals surface area contributed by atoms with Gasteiger partial charge >= 0.3 is 6.18 Å². The van der Waals surface area contributed by atoms with Crippen LogP contribution in [0.15, 0.2) is 24.3 Å². The number of nitrogens with zero attached hydrogens (tertiary/aromatic N) is 1. The molecular weight excluding hydrogens is 478 g/mol. The minimum atomic E-state index is -4.58. The van der Waals surface area contributed by atoms with Crippen LogP contribution in [0.1, 0.15) is 26.5 Å². The first-order valence-corrected chi connectivity index (χ1v) is 9.31. The highest BCUT2D eigenvalue weighted by Gasteiger charge is 2.35. The monoisotopic (exact) mass is 491 g/mol. The van der Waals surface area contributed by atoms with Crippen molar-refractivity contribution >= 4 is 61.4 Å². The summed E-state index contributed by atoms with van der Waals surface area (Å²) in [5.41, 5.74) is 6.46. The highest BCUT2D eigenvalue weighted by atomic mass is 127. The Kier molecular flexibility index (Phi) is 4.86. The van der Waals surface area contributed by atoms with Crippen LogP contribution >= 0.6 is 33.9 Å². The summed E-state index contributed by atoms with van der Waals surface area (Å²) in [4.78, 5) is 16.8. The number of benzene rings is 1. The number of rotatable bonds is 2. The average molecular weight is 491 g/mol. The molecule has 0 aliphatic carbocycles. The lowest BCUT2D eigenvalue weighted by molar-refractivity contribution is -0.136. The molecule has 4 nitrogen and oxygen atoms in total. The predicted octanol–water partition coefficient (Wildman–Crippen LogP) is 5.37. The van der Waals surface area contributed by atoms with Gasteiger partial charge in [0.15, 0.2) is 0 Å². The molecule has 3 aromatic rings. The van der Waals surface area contributed by atoms with Gasteiger partial charge in [-0.15, -0.1) is 11.3 Å². The van der Waals surface area contributed by atoms with Gasteiger partial charge in [0.25, 0.3) is 5.91 Å². The predicted molar refractivity (Wildman–Crippen MR) is 106 cm³/mol. The van der Waals surface area contributed by atoms with Gasteiger partial charge in [-0.3, -0.25) is 4.79 Å². The van der Waals surface area contributed by atoms with Gasteiger partial charge in [0.05, 0.1) is 11.3 Å². The minimum Gasteiger partial charge on any atom is -0.397 e. The lowest BCUT2D eigenvalue weighted by Gasteiger charge is -2.10. The van der Waals surface area contributed by atoms with Crippen LogP contribution in [0.3, 0.4) is 0 Å². The summed E-state index contributed by atoms with van der Waals surface area (Å²) < 4.78 is 41.0. The maximum atomic E-state index is 13.3. The van der Waals surface area contributed by atoms with Crippen LogP contribution in [-0.2, 0) is 6.18 Å². The van der Waals surface area contributed by atoms with Crippen molar-refractivity contribution in [2.75, 3.05) is 11.1 Å². The van der Waals surface area contributed by atoms with Crippen LogP contribution in [0.25, 0.3) is 10.2 Å². The number of aryl methyl sites for hydroxylation is 2. The third-order valence-electron chi connectivity index (χ3n) is 3.78. The number of carbonyl (C=O) groups excluding carboxylic acids is 1. The quantitative estimate of drug-likeness (QED) is 0.474. The Balaban J connectivity index is 2.08. The molecule has 3 N–H and O–H groups in total. The largest absolute Gasteiger partial charge is 0.417 e. The van der Waals surface area contributed by atoms with Gasteiger partial charge < -0.3 is 11.1 Å². The van der Waals surface area contributed by atoms with Crippen molar-refractivity contribution in [2.45, 2.75) is 20.0 Å². The number of nitrogens with two attached hydrogens (primary N) is 1. The van der Waals surface area contributed by atoms with Crippen LogP contribution in [0.2, 0.25) is 0 Å². The molecule has 1 aromatic carbocycles. The van der Waals surface area contributed by atoms with Crippen molar-refractivity contribution in [3.8, 4) is 0 Å². The summed E-state index contributed by atoms with van der Waals surface area (Å²) in [5.74, 6) is -0.555. The van der Waals surface area contributed by atoms with E-state index < -0.39 is 17.6 Å². The van der Waals surface area contributed by atoms with Crippen molar-refractivity contribution in [3.05, 3.63) is 49.5 Å². The summed E-state index contributed by atoms with van der Waals surface area (Å²) in [5, 5.41) is 2.48. The van der Waals surface area contributed by atoms with Crippen molar-refractivity contribution in [2.24, 2.45) is 0 Å². The smallest absolute Gasteiger partial charge is 0.397 e. The summed E-state index contributed by atoms with van der Waals surface area (Å²) in [6.07, 6.45) is -4.58. The third kappa shape index (κ3) is 3.50. The number of nitrogens with one attached hydrogen (secondary N) is 1. The van der Waals surface area contributed by atoms with E-state index in [9.17, 15) is 18.0 Å². The molecule has 0 aliphatic rings. The van der Waals surface area contributed by atoms with Crippen molar-refractivity contribution in [1.29, 1.82) is 0 Å². The van der Waals surface area contributed by atoms with E-state index in [1.165, 1.54) is 6.92 Å². The SMILES string of the molecule is Cc1cc(C(F)(F)F)c2c(N)c(C(=O)Nc3ccc(I)cc3C)sc2n1. The maximum absolute atomic E-state index is 13.3. The normalized spacial score (nSPS) is 11.8. The minimum absolute atomic E-state index is 0.0153. The Bertz CT molecular complexity index is 1030. The highest BCUT2D eigenvalue weighted by Crippen LogP contribution is 2.42. The van der Waals surface area contributed by atoms with Crippen LogP contribution in [-0.4, -0.2) is 10.9 Å². The number of hydrogen-bond acceptors (Lipinski definition) is 4.